The number of carboxylic acid groups (broad SMARTS) is 1. The molecule has 1 amide bonds. The molecule has 2 heterocycles. The van der Waals surface area contributed by atoms with Crippen LogP contribution in [0.5, 0.6) is 0 Å². The first-order valence-electron chi connectivity index (χ1n) is 7.53. The quantitative estimate of drug-likeness (QED) is 0.550. The molecule has 1 aromatic heterocycles. The van der Waals surface area contributed by atoms with Gasteiger partial charge in [-0.1, -0.05) is 0 Å². The van der Waals surface area contributed by atoms with Gasteiger partial charge in [0.1, 0.15) is 0 Å². The molecule has 2 fully saturated rings. The standard InChI is InChI=1S/C15H21N3O3.Na/c19-14(16-7-10-17-8-1-2-9-17)12-5-6-13(15(20)21)18(12)11-3-4-11;/h1-2,8-9,11-13H,3-7,10H2,(H,16,19)(H,20,21);/q;+1/p-1. The molecule has 2 aliphatic rings. The van der Waals surface area contributed by atoms with Gasteiger partial charge in [0.05, 0.1) is 18.1 Å². The van der Waals surface area contributed by atoms with E-state index in [0.29, 0.717) is 19.4 Å². The summed E-state index contributed by atoms with van der Waals surface area (Å²) in [7, 11) is 0. The molecule has 1 saturated carbocycles. The first-order valence-corrected chi connectivity index (χ1v) is 7.53. The van der Waals surface area contributed by atoms with Crippen LogP contribution in [0.4, 0.5) is 0 Å². The van der Waals surface area contributed by atoms with Gasteiger partial charge in [0.25, 0.3) is 0 Å². The number of hydrogen-bond donors (Lipinski definition) is 1. The van der Waals surface area contributed by atoms with Crippen LogP contribution >= 0.6 is 0 Å². The van der Waals surface area contributed by atoms with Crippen LogP contribution in [0.2, 0.25) is 0 Å². The molecule has 1 aliphatic heterocycles. The molecule has 1 aromatic rings. The molecule has 2 atom stereocenters. The summed E-state index contributed by atoms with van der Waals surface area (Å²) in [6, 6.07) is 3.22. The Bertz CT molecular complexity index is 516. The van der Waals surface area contributed by atoms with E-state index in [1.807, 2.05) is 34.0 Å². The minimum Gasteiger partial charge on any atom is -0.548 e. The molecule has 1 saturated heterocycles. The number of rotatable bonds is 6. The van der Waals surface area contributed by atoms with Crippen LogP contribution in [0.3, 0.4) is 0 Å². The second-order valence-electron chi connectivity index (χ2n) is 5.82. The number of amides is 1. The fourth-order valence-corrected chi connectivity index (χ4v) is 3.16. The van der Waals surface area contributed by atoms with Crippen LogP contribution < -0.4 is 40.0 Å². The largest absolute Gasteiger partial charge is 1.00 e. The van der Waals surface area contributed by atoms with Gasteiger partial charge in [-0.05, 0) is 37.8 Å². The fourth-order valence-electron chi connectivity index (χ4n) is 3.16. The van der Waals surface area contributed by atoms with Gasteiger partial charge in [-0.15, -0.1) is 0 Å². The van der Waals surface area contributed by atoms with Gasteiger partial charge in [0.15, 0.2) is 0 Å². The molecule has 0 radical (unpaired) electrons. The van der Waals surface area contributed by atoms with E-state index in [0.717, 1.165) is 19.4 Å². The van der Waals surface area contributed by atoms with Gasteiger partial charge >= 0.3 is 29.6 Å². The summed E-state index contributed by atoms with van der Waals surface area (Å²) in [5, 5.41) is 14.1. The number of aromatic nitrogens is 1. The number of carbonyl (C=O) groups excluding carboxylic acids is 2. The zero-order valence-electron chi connectivity index (χ0n) is 12.9. The Hall–Kier alpha value is -0.820. The molecular weight excluding hydrogens is 293 g/mol. The third-order valence-electron chi connectivity index (χ3n) is 4.31. The van der Waals surface area contributed by atoms with Crippen molar-refractivity contribution in [2.45, 2.75) is 50.4 Å². The molecule has 6 nitrogen and oxygen atoms in total. The average Bonchev–Trinajstić information content (AvgIpc) is 3.00. The molecule has 1 aliphatic carbocycles. The van der Waals surface area contributed by atoms with E-state index in [4.69, 9.17) is 0 Å². The van der Waals surface area contributed by atoms with Crippen molar-refractivity contribution in [3.05, 3.63) is 24.5 Å². The Morgan fingerprint density at radius 2 is 1.73 bits per heavy atom. The molecule has 22 heavy (non-hydrogen) atoms. The molecular formula is C15H20N3NaO3. The average molecular weight is 313 g/mol. The Balaban J connectivity index is 0.00000176. The van der Waals surface area contributed by atoms with E-state index in [-0.39, 0.29) is 47.5 Å². The predicted molar refractivity (Wildman–Crippen MR) is 74.1 cm³/mol. The van der Waals surface area contributed by atoms with Gasteiger partial charge < -0.3 is 19.8 Å². The van der Waals surface area contributed by atoms with Crippen molar-refractivity contribution in [3.8, 4) is 0 Å². The van der Waals surface area contributed by atoms with Gasteiger partial charge in [-0.25, -0.2) is 0 Å². The van der Waals surface area contributed by atoms with Crippen LogP contribution in [0.1, 0.15) is 25.7 Å². The Kier molecular flexibility index (Phi) is 6.09. The maximum absolute atomic E-state index is 12.3. The van der Waals surface area contributed by atoms with E-state index in [1.165, 1.54) is 0 Å². The van der Waals surface area contributed by atoms with Crippen molar-refractivity contribution in [1.82, 2.24) is 14.8 Å². The predicted octanol–water partition coefficient (Wildman–Crippen LogP) is -3.65. The fraction of sp³-hybridized carbons (Fsp3) is 0.600. The van der Waals surface area contributed by atoms with Gasteiger partial charge in [-0.2, -0.15) is 0 Å². The van der Waals surface area contributed by atoms with Gasteiger partial charge in [0.2, 0.25) is 5.91 Å². The van der Waals surface area contributed by atoms with Crippen molar-refractivity contribution in [3.63, 3.8) is 0 Å². The zero-order chi connectivity index (χ0) is 14.8. The minimum absolute atomic E-state index is 0. The van der Waals surface area contributed by atoms with E-state index >= 15 is 0 Å². The number of hydrogen-bond acceptors (Lipinski definition) is 4. The molecule has 2 unspecified atom stereocenters. The van der Waals surface area contributed by atoms with Crippen molar-refractivity contribution in [1.29, 1.82) is 0 Å². The number of carbonyl (C=O) groups is 2. The summed E-state index contributed by atoms with van der Waals surface area (Å²) in [4.78, 5) is 25.4. The topological polar surface area (TPSA) is 77.4 Å². The Labute approximate surface area is 152 Å². The first kappa shape index (κ1) is 17.5. The van der Waals surface area contributed by atoms with E-state index in [2.05, 4.69) is 5.32 Å². The molecule has 114 valence electrons. The SMILES string of the molecule is O=C([O-])C1CCC(C(=O)NCCn2cccc2)N1C1CC1.[Na+]. The third-order valence-corrected chi connectivity index (χ3v) is 4.31. The van der Waals surface area contributed by atoms with Crippen molar-refractivity contribution in [2.75, 3.05) is 6.54 Å². The molecule has 1 N–H and O–H groups in total. The molecule has 7 heteroatoms. The number of carboxylic acids is 1. The second-order valence-corrected chi connectivity index (χ2v) is 5.82. The van der Waals surface area contributed by atoms with Crippen LogP contribution in [-0.2, 0) is 16.1 Å². The Morgan fingerprint density at radius 1 is 1.09 bits per heavy atom. The van der Waals surface area contributed by atoms with Crippen LogP contribution in [0, 0.1) is 0 Å². The summed E-state index contributed by atoms with van der Waals surface area (Å²) in [5.41, 5.74) is 0. The van der Waals surface area contributed by atoms with Gasteiger partial charge in [0, 0.05) is 31.5 Å². The van der Waals surface area contributed by atoms with Crippen molar-refractivity contribution < 1.29 is 44.3 Å². The molecule has 0 aromatic carbocycles. The van der Waals surface area contributed by atoms with Crippen LogP contribution in [0.15, 0.2) is 24.5 Å². The van der Waals surface area contributed by atoms with Gasteiger partial charge in [-0.3, -0.25) is 9.69 Å². The zero-order valence-corrected chi connectivity index (χ0v) is 14.9. The van der Waals surface area contributed by atoms with Crippen molar-refractivity contribution in [2.24, 2.45) is 0 Å². The normalized spacial score (nSPS) is 24.7. The summed E-state index contributed by atoms with van der Waals surface area (Å²) in [5.74, 6) is -1.11. The minimum atomic E-state index is -1.05. The maximum Gasteiger partial charge on any atom is 1.00 e. The summed E-state index contributed by atoms with van der Waals surface area (Å²) < 4.78 is 2.00. The molecule has 3 rings (SSSR count). The van der Waals surface area contributed by atoms with Crippen LogP contribution in [0.25, 0.3) is 0 Å². The molecule has 0 bridgehead atoms. The van der Waals surface area contributed by atoms with Crippen molar-refractivity contribution >= 4 is 11.9 Å². The summed E-state index contributed by atoms with van der Waals surface area (Å²) >= 11 is 0. The van der Waals surface area contributed by atoms with E-state index in [1.54, 1.807) is 0 Å². The summed E-state index contributed by atoms with van der Waals surface area (Å²) in [6.45, 7) is 1.28. The van der Waals surface area contributed by atoms with E-state index < -0.39 is 12.0 Å². The first-order chi connectivity index (χ1) is 10.2. The number of nitrogens with one attached hydrogen (secondary N) is 1. The number of likely N-dealkylation sites (tertiary alicyclic amines) is 1. The van der Waals surface area contributed by atoms with E-state index in [9.17, 15) is 14.7 Å². The third kappa shape index (κ3) is 3.93. The second kappa shape index (κ2) is 7.64. The number of nitrogens with zero attached hydrogens (tertiary/aromatic N) is 2. The monoisotopic (exact) mass is 313 g/mol. The number of aliphatic carboxylic acids is 1. The summed E-state index contributed by atoms with van der Waals surface area (Å²) in [6.07, 6.45) is 6.97. The maximum atomic E-state index is 12.3. The Morgan fingerprint density at radius 3 is 2.32 bits per heavy atom. The molecule has 0 spiro atoms. The smallest absolute Gasteiger partial charge is 0.548 e. The van der Waals surface area contributed by atoms with Crippen LogP contribution in [-0.4, -0.2) is 46.0 Å².